The average Bonchev–Trinajstić information content (AvgIpc) is 2.88. The van der Waals surface area contributed by atoms with Gasteiger partial charge in [-0.05, 0) is 52.9 Å². The van der Waals surface area contributed by atoms with Crippen LogP contribution in [-0.4, -0.2) is 50.7 Å². The highest BCUT2D eigenvalue weighted by molar-refractivity contribution is 14.1. The topological polar surface area (TPSA) is 137 Å². The van der Waals surface area contributed by atoms with Gasteiger partial charge in [0.25, 0.3) is 0 Å². The van der Waals surface area contributed by atoms with Crippen LogP contribution in [0.2, 0.25) is 0 Å². The zero-order valence-corrected chi connectivity index (χ0v) is 15.5. The molecule has 1 aliphatic heterocycles. The largest absolute Gasteiger partial charge is 0.459 e. The van der Waals surface area contributed by atoms with Crippen LogP contribution in [0.5, 0.6) is 0 Å². The van der Waals surface area contributed by atoms with Crippen molar-refractivity contribution in [2.75, 3.05) is 12.3 Å². The van der Waals surface area contributed by atoms with Gasteiger partial charge in [0.05, 0.1) is 5.56 Å². The number of anilines is 1. The quantitative estimate of drug-likeness (QED) is 0.414. The maximum absolute atomic E-state index is 12.0. The van der Waals surface area contributed by atoms with Crippen molar-refractivity contribution in [3.05, 3.63) is 56.1 Å². The number of esters is 1. The molecule has 26 heavy (non-hydrogen) atoms. The number of carbonyl (C=O) groups excluding carboxylic acids is 1. The van der Waals surface area contributed by atoms with Gasteiger partial charge in [0.15, 0.2) is 6.23 Å². The molecule has 1 aliphatic rings. The molecule has 9 nitrogen and oxygen atoms in total. The number of halogens is 1. The first-order chi connectivity index (χ1) is 12.4. The first-order valence-corrected chi connectivity index (χ1v) is 8.73. The number of aromatic nitrogens is 2. The summed E-state index contributed by atoms with van der Waals surface area (Å²) in [5, 5.41) is 20.3. The van der Waals surface area contributed by atoms with Crippen molar-refractivity contribution < 1.29 is 24.5 Å². The third-order valence-corrected chi connectivity index (χ3v) is 4.64. The standard InChI is InChI=1S/C16H16IN3O6/c17-9-3-1-8(2-4-9)15(23)25-7-10-12(21)13(22)14(26-10)20-6-5-11(18)19-16(20)24/h1-6,10,12-14,21-22H,7H2,(H2,18,19,24)/t10-,12-,13-,14-/m1/s1. The van der Waals surface area contributed by atoms with Crippen LogP contribution in [-0.2, 0) is 9.47 Å². The number of nitrogens with two attached hydrogens (primary N) is 1. The number of rotatable bonds is 4. The zero-order chi connectivity index (χ0) is 18.8. The van der Waals surface area contributed by atoms with E-state index in [1.807, 2.05) is 0 Å². The molecule has 4 N–H and O–H groups in total. The molecule has 2 aromatic rings. The predicted molar refractivity (Wildman–Crippen MR) is 98.3 cm³/mol. The Hall–Kier alpha value is -2.02. The van der Waals surface area contributed by atoms with Gasteiger partial charge in [-0.15, -0.1) is 0 Å². The first kappa shape index (κ1) is 18.8. The van der Waals surface area contributed by atoms with Gasteiger partial charge in [0.2, 0.25) is 0 Å². The molecular weight excluding hydrogens is 457 g/mol. The fourth-order valence-electron chi connectivity index (χ4n) is 2.54. The van der Waals surface area contributed by atoms with Crippen LogP contribution in [0.25, 0.3) is 0 Å². The smallest absolute Gasteiger partial charge is 0.351 e. The van der Waals surface area contributed by atoms with Crippen LogP contribution < -0.4 is 11.4 Å². The van der Waals surface area contributed by atoms with Gasteiger partial charge in [-0.25, -0.2) is 9.59 Å². The Morgan fingerprint density at radius 3 is 2.62 bits per heavy atom. The Labute approximate surface area is 161 Å². The van der Waals surface area contributed by atoms with Crippen LogP contribution >= 0.6 is 22.6 Å². The van der Waals surface area contributed by atoms with Crippen molar-refractivity contribution in [3.8, 4) is 0 Å². The minimum absolute atomic E-state index is 0.0299. The number of hydrogen-bond acceptors (Lipinski definition) is 8. The molecule has 0 bridgehead atoms. The van der Waals surface area contributed by atoms with Gasteiger partial charge in [0.1, 0.15) is 30.7 Å². The molecule has 0 saturated carbocycles. The number of hydrogen-bond donors (Lipinski definition) is 3. The lowest BCUT2D eigenvalue weighted by molar-refractivity contribution is -0.0598. The molecule has 1 fully saturated rings. The summed E-state index contributed by atoms with van der Waals surface area (Å²) in [6, 6.07) is 8.13. The molecule has 4 atom stereocenters. The van der Waals surface area contributed by atoms with E-state index in [0.29, 0.717) is 5.56 Å². The van der Waals surface area contributed by atoms with Crippen LogP contribution in [0.1, 0.15) is 16.6 Å². The van der Waals surface area contributed by atoms with Crippen LogP contribution in [0.4, 0.5) is 5.82 Å². The maximum Gasteiger partial charge on any atom is 0.351 e. The number of benzene rings is 1. The van der Waals surface area contributed by atoms with E-state index in [1.165, 1.54) is 12.3 Å². The Bertz CT molecular complexity index is 856. The monoisotopic (exact) mass is 473 g/mol. The third kappa shape index (κ3) is 3.87. The fourth-order valence-corrected chi connectivity index (χ4v) is 2.90. The average molecular weight is 473 g/mol. The molecule has 0 amide bonds. The lowest BCUT2D eigenvalue weighted by Crippen LogP contribution is -2.36. The van der Waals surface area contributed by atoms with Gasteiger partial charge in [-0.1, -0.05) is 0 Å². The molecule has 1 aromatic carbocycles. The molecule has 1 saturated heterocycles. The van der Waals surface area contributed by atoms with Gasteiger partial charge in [-0.2, -0.15) is 4.98 Å². The summed E-state index contributed by atoms with van der Waals surface area (Å²) < 4.78 is 12.6. The maximum atomic E-state index is 12.0. The molecule has 2 heterocycles. The van der Waals surface area contributed by atoms with Crippen LogP contribution in [0.15, 0.2) is 41.3 Å². The summed E-state index contributed by atoms with van der Waals surface area (Å²) in [4.78, 5) is 27.5. The second-order valence-electron chi connectivity index (χ2n) is 5.69. The van der Waals surface area contributed by atoms with Crippen molar-refractivity contribution in [3.63, 3.8) is 0 Å². The molecule has 3 rings (SSSR count). The van der Waals surface area contributed by atoms with Crippen molar-refractivity contribution in [1.82, 2.24) is 9.55 Å². The van der Waals surface area contributed by atoms with Gasteiger partial charge >= 0.3 is 11.7 Å². The normalized spacial score (nSPS) is 25.2. The highest BCUT2D eigenvalue weighted by atomic mass is 127. The molecular formula is C16H16IN3O6. The highest BCUT2D eigenvalue weighted by Crippen LogP contribution is 2.28. The number of nitrogen functional groups attached to an aromatic ring is 1. The van der Waals surface area contributed by atoms with Crippen LogP contribution in [0, 0.1) is 3.57 Å². The highest BCUT2D eigenvalue weighted by Gasteiger charge is 2.44. The summed E-state index contributed by atoms with van der Waals surface area (Å²) in [7, 11) is 0. The molecule has 1 aromatic heterocycles. The lowest BCUT2D eigenvalue weighted by Gasteiger charge is -2.16. The fraction of sp³-hybridized carbons (Fsp3) is 0.312. The summed E-state index contributed by atoms with van der Waals surface area (Å²) in [5.74, 6) is -0.552. The van der Waals surface area contributed by atoms with E-state index >= 15 is 0 Å². The van der Waals surface area contributed by atoms with Crippen molar-refractivity contribution in [1.29, 1.82) is 0 Å². The SMILES string of the molecule is Nc1ccn([C@@H]2O[C@H](COC(=O)c3ccc(I)cc3)[C@@H](O)[C@H]2O)c(=O)n1. The predicted octanol–water partition coefficient (Wildman–Crippen LogP) is -0.0937. The summed E-state index contributed by atoms with van der Waals surface area (Å²) in [5.41, 5.74) is 5.06. The molecule has 0 spiro atoms. The zero-order valence-electron chi connectivity index (χ0n) is 13.4. The van der Waals surface area contributed by atoms with Crippen molar-refractivity contribution >= 4 is 34.4 Å². The van der Waals surface area contributed by atoms with Crippen molar-refractivity contribution in [2.24, 2.45) is 0 Å². The Morgan fingerprint density at radius 2 is 1.96 bits per heavy atom. The number of ether oxygens (including phenoxy) is 2. The second-order valence-corrected chi connectivity index (χ2v) is 6.94. The van der Waals surface area contributed by atoms with Crippen LogP contribution in [0.3, 0.4) is 0 Å². The first-order valence-electron chi connectivity index (χ1n) is 7.66. The molecule has 138 valence electrons. The van der Waals surface area contributed by atoms with E-state index in [-0.39, 0.29) is 12.4 Å². The summed E-state index contributed by atoms with van der Waals surface area (Å²) >= 11 is 2.12. The molecule has 10 heteroatoms. The Kier molecular flexibility index (Phi) is 5.55. The minimum atomic E-state index is -1.39. The molecule has 0 radical (unpaired) electrons. The third-order valence-electron chi connectivity index (χ3n) is 3.92. The Balaban J connectivity index is 1.67. The Morgan fingerprint density at radius 1 is 1.27 bits per heavy atom. The van der Waals surface area contributed by atoms with E-state index in [0.717, 1.165) is 8.14 Å². The van der Waals surface area contributed by atoms with E-state index in [2.05, 4.69) is 27.6 Å². The lowest BCUT2D eigenvalue weighted by atomic mass is 10.1. The van der Waals surface area contributed by atoms with E-state index in [9.17, 15) is 19.8 Å². The van der Waals surface area contributed by atoms with Gasteiger partial charge in [-0.3, -0.25) is 4.57 Å². The number of aliphatic hydroxyl groups is 2. The number of aliphatic hydroxyl groups excluding tert-OH is 2. The van der Waals surface area contributed by atoms with E-state index in [1.54, 1.807) is 24.3 Å². The second kappa shape index (κ2) is 7.70. The summed E-state index contributed by atoms with van der Waals surface area (Å²) in [6.07, 6.45) is -3.57. The van der Waals surface area contributed by atoms with Gasteiger partial charge < -0.3 is 25.4 Å². The molecule has 0 aliphatic carbocycles. The van der Waals surface area contributed by atoms with E-state index < -0.39 is 36.2 Å². The number of nitrogens with zero attached hydrogens (tertiary/aromatic N) is 2. The van der Waals surface area contributed by atoms with Gasteiger partial charge in [0, 0.05) is 9.77 Å². The van der Waals surface area contributed by atoms with E-state index in [4.69, 9.17) is 15.2 Å². The minimum Gasteiger partial charge on any atom is -0.459 e. The number of carbonyl (C=O) groups is 1. The molecule has 0 unspecified atom stereocenters. The summed E-state index contributed by atoms with van der Waals surface area (Å²) in [6.45, 7) is -0.281. The van der Waals surface area contributed by atoms with Crippen molar-refractivity contribution in [2.45, 2.75) is 24.5 Å².